The number of benzene rings is 2. The van der Waals surface area contributed by atoms with Crippen molar-refractivity contribution in [1.29, 1.82) is 0 Å². The molecule has 1 aliphatic heterocycles. The minimum absolute atomic E-state index is 0.0830. The van der Waals surface area contributed by atoms with Crippen LogP contribution in [0.1, 0.15) is 38.2 Å². The molecule has 7 heteroatoms. The average Bonchev–Trinajstić information content (AvgIpc) is 3.54. The summed E-state index contributed by atoms with van der Waals surface area (Å²) < 4.78 is 16.9. The van der Waals surface area contributed by atoms with Gasteiger partial charge in [-0.3, -0.25) is 9.79 Å². The molecule has 1 atom stereocenters. The molecule has 31 heavy (non-hydrogen) atoms. The highest BCUT2D eigenvalue weighted by Crippen LogP contribution is 2.20. The number of hydrogen-bond donors (Lipinski definition) is 2. The summed E-state index contributed by atoms with van der Waals surface area (Å²) in [4.78, 5) is 15.9. The second-order valence-corrected chi connectivity index (χ2v) is 7.89. The summed E-state index contributed by atoms with van der Waals surface area (Å²) in [7, 11) is 0. The van der Waals surface area contributed by atoms with Gasteiger partial charge in [0.2, 0.25) is 17.5 Å². The highest BCUT2D eigenvalue weighted by atomic mass is 19.1. The third-order valence-electron chi connectivity index (χ3n) is 5.95. The van der Waals surface area contributed by atoms with Gasteiger partial charge in [-0.05, 0) is 42.0 Å². The molecule has 0 bridgehead atoms. The van der Waals surface area contributed by atoms with E-state index in [0.29, 0.717) is 22.6 Å². The van der Waals surface area contributed by atoms with E-state index in [1.807, 2.05) is 41.6 Å². The maximum atomic E-state index is 14.9. The number of rotatable bonds is 2. The normalized spacial score (nSPS) is 18.7. The zero-order valence-corrected chi connectivity index (χ0v) is 17.2. The number of aromatic amines is 1. The lowest BCUT2D eigenvalue weighted by Gasteiger charge is -2.09. The van der Waals surface area contributed by atoms with Gasteiger partial charge in [-0.1, -0.05) is 24.3 Å². The van der Waals surface area contributed by atoms with E-state index in [1.54, 1.807) is 24.5 Å². The van der Waals surface area contributed by atoms with Gasteiger partial charge in [-0.15, -0.1) is 4.36 Å². The first-order valence-electron chi connectivity index (χ1n) is 10.5. The second-order valence-electron chi connectivity index (χ2n) is 7.89. The molecule has 2 heterocycles. The quantitative estimate of drug-likeness (QED) is 0.630. The summed E-state index contributed by atoms with van der Waals surface area (Å²) in [5, 5.41) is 14.3. The molecule has 3 aromatic rings. The van der Waals surface area contributed by atoms with Crippen LogP contribution in [0.4, 0.5) is 4.39 Å². The Balaban J connectivity index is 1.61. The third-order valence-corrected chi connectivity index (χ3v) is 5.95. The Labute approximate surface area is 177 Å². The number of amides is 1. The predicted octanol–water partition coefficient (Wildman–Crippen LogP) is 2.47. The number of halogens is 1. The standard InChI is InChI=1S/C24H22FN5O/c1-2-23(31)28-17-7-8-18(13-17)30-22(14-27-29-30)16-5-3-15(4-6-16)19-9-10-21-20(24(19)25)11-12-26-21/h3-6,9-12,14,17H,2,7-8,13H2,1H3,(H-,26,28,29,31)/p+1/b30-18-/t17-/m0/s1. The SMILES string of the molecule is CCC(=O)N[C@H]1CC/C(=[n+]2/[nH]ncc2=c2ccc(=c3ccc4c(c3F)C=CN=4)cc2)C1. The Morgan fingerprint density at radius 1 is 1.23 bits per heavy atom. The van der Waals surface area contributed by atoms with Crippen molar-refractivity contribution in [3.8, 4) is 0 Å². The number of fused-ring (bicyclic) bond motifs is 1. The summed E-state index contributed by atoms with van der Waals surface area (Å²) in [5.74, 6) is -0.164. The largest absolute Gasteiger partial charge is 0.353 e. The Morgan fingerprint density at radius 3 is 2.84 bits per heavy atom. The minimum atomic E-state index is -0.247. The highest BCUT2D eigenvalue weighted by molar-refractivity contribution is 5.75. The minimum Gasteiger partial charge on any atom is -0.353 e. The third kappa shape index (κ3) is 3.56. The van der Waals surface area contributed by atoms with Gasteiger partial charge in [-0.2, -0.15) is 0 Å². The van der Waals surface area contributed by atoms with E-state index in [0.717, 1.165) is 35.0 Å². The first kappa shape index (κ1) is 19.4. The molecule has 1 aliphatic carbocycles. The molecule has 0 spiro atoms. The Kier molecular flexibility index (Phi) is 4.94. The van der Waals surface area contributed by atoms with Gasteiger partial charge in [-0.25, -0.2) is 4.39 Å². The second kappa shape index (κ2) is 7.91. The van der Waals surface area contributed by atoms with Gasteiger partial charge in [0.25, 0.3) is 0 Å². The molecule has 2 N–H and O–H groups in total. The molecule has 0 unspecified atom stereocenters. The van der Waals surface area contributed by atoms with Crippen LogP contribution in [0.15, 0.2) is 53.8 Å². The summed E-state index contributed by atoms with van der Waals surface area (Å²) >= 11 is 0. The van der Waals surface area contributed by atoms with E-state index in [4.69, 9.17) is 0 Å². The topological polar surface area (TPSA) is 76.0 Å². The molecule has 2 aromatic carbocycles. The zero-order valence-electron chi connectivity index (χ0n) is 17.2. The van der Waals surface area contributed by atoms with E-state index in [1.165, 1.54) is 5.71 Å². The fourth-order valence-corrected chi connectivity index (χ4v) is 4.28. The van der Waals surface area contributed by atoms with Crippen LogP contribution in [-0.2, 0) is 4.79 Å². The molecular weight excluding hydrogens is 393 g/mol. The maximum Gasteiger partial charge on any atom is 0.219 e. The van der Waals surface area contributed by atoms with Crippen molar-refractivity contribution in [1.82, 2.24) is 15.6 Å². The molecule has 1 aromatic heterocycles. The van der Waals surface area contributed by atoms with E-state index < -0.39 is 0 Å². The van der Waals surface area contributed by atoms with Crippen LogP contribution in [0.3, 0.4) is 0 Å². The van der Waals surface area contributed by atoms with Crippen LogP contribution in [0.2, 0.25) is 0 Å². The van der Waals surface area contributed by atoms with Crippen LogP contribution < -0.4 is 15.0 Å². The fourth-order valence-electron chi connectivity index (χ4n) is 4.28. The van der Waals surface area contributed by atoms with Gasteiger partial charge in [0.1, 0.15) is 11.5 Å². The average molecular weight is 416 g/mol. The van der Waals surface area contributed by atoms with Crippen LogP contribution in [-0.4, -0.2) is 22.3 Å². The summed E-state index contributed by atoms with van der Waals surface area (Å²) in [5.41, 5.74) is 1.73. The summed E-state index contributed by atoms with van der Waals surface area (Å²) in [6.45, 7) is 1.86. The van der Waals surface area contributed by atoms with Crippen molar-refractivity contribution in [3.63, 3.8) is 0 Å². The van der Waals surface area contributed by atoms with Crippen LogP contribution in [0.5, 0.6) is 0 Å². The zero-order chi connectivity index (χ0) is 21.4. The first-order valence-corrected chi connectivity index (χ1v) is 10.5. The Bertz CT molecular complexity index is 1500. The number of aromatic nitrogens is 3. The van der Waals surface area contributed by atoms with Crippen LogP contribution >= 0.6 is 0 Å². The summed E-state index contributed by atoms with van der Waals surface area (Å²) in [6, 6.07) is 11.6. The van der Waals surface area contributed by atoms with Gasteiger partial charge in [0.15, 0.2) is 0 Å². The van der Waals surface area contributed by atoms with Crippen molar-refractivity contribution in [3.05, 3.63) is 92.2 Å². The molecule has 1 fully saturated rings. The summed E-state index contributed by atoms with van der Waals surface area (Å²) in [6.07, 6.45) is 8.22. The molecule has 6 nitrogen and oxygen atoms in total. The molecule has 0 saturated heterocycles. The number of nitrogens with one attached hydrogen (secondary N) is 2. The Morgan fingerprint density at radius 2 is 2.03 bits per heavy atom. The predicted molar refractivity (Wildman–Crippen MR) is 112 cm³/mol. The Hall–Kier alpha value is -3.61. The van der Waals surface area contributed by atoms with Crippen LogP contribution in [0.25, 0.3) is 6.08 Å². The highest BCUT2D eigenvalue weighted by Gasteiger charge is 2.25. The van der Waals surface area contributed by atoms with Gasteiger partial charge >= 0.3 is 0 Å². The number of nitrogens with zero attached hydrogens (tertiary/aromatic N) is 3. The van der Waals surface area contributed by atoms with Gasteiger partial charge in [0, 0.05) is 52.6 Å². The molecular formula is C24H23FN5O+. The maximum absolute atomic E-state index is 14.9. The van der Waals surface area contributed by atoms with Gasteiger partial charge < -0.3 is 5.32 Å². The van der Waals surface area contributed by atoms with E-state index >= 15 is 0 Å². The smallest absolute Gasteiger partial charge is 0.219 e. The molecule has 1 amide bonds. The molecule has 1 saturated carbocycles. The molecule has 0 radical (unpaired) electrons. The molecule has 5 rings (SSSR count). The van der Waals surface area contributed by atoms with Crippen molar-refractivity contribution in [2.24, 2.45) is 4.99 Å². The van der Waals surface area contributed by atoms with E-state index in [2.05, 4.69) is 20.6 Å². The lowest BCUT2D eigenvalue weighted by molar-refractivity contribution is -0.601. The molecule has 2 aliphatic rings. The number of H-pyrrole nitrogens is 1. The lowest BCUT2D eigenvalue weighted by Crippen LogP contribution is -2.33. The van der Waals surface area contributed by atoms with Crippen molar-refractivity contribution in [2.75, 3.05) is 0 Å². The monoisotopic (exact) mass is 416 g/mol. The van der Waals surface area contributed by atoms with Crippen LogP contribution in [0, 0.1) is 32.5 Å². The van der Waals surface area contributed by atoms with E-state index in [9.17, 15) is 9.18 Å². The van der Waals surface area contributed by atoms with Crippen molar-refractivity contribution in [2.45, 2.75) is 38.6 Å². The molecule has 156 valence electrons. The van der Waals surface area contributed by atoms with E-state index in [-0.39, 0.29) is 17.8 Å². The lowest BCUT2D eigenvalue weighted by atomic mass is 10.1. The number of hydrogen-bond acceptors (Lipinski definition) is 3. The fraction of sp³-hybridized carbons (Fsp3) is 0.250. The van der Waals surface area contributed by atoms with Gasteiger partial charge in [0.05, 0.1) is 5.36 Å². The van der Waals surface area contributed by atoms with Crippen molar-refractivity contribution >= 4 is 12.0 Å². The number of carbonyl (C=O) groups excluding carboxylic acids is 1. The number of carbonyl (C=O) groups is 1. The first-order chi connectivity index (χ1) is 15.1. The van der Waals surface area contributed by atoms with Crippen molar-refractivity contribution < 1.29 is 13.5 Å².